The molecule has 1 fully saturated rings. The largest absolute Gasteiger partial charge is 0.394 e. The average Bonchev–Trinajstić information content (AvgIpc) is 3.21. The molecule has 5 atom stereocenters. The molecule has 146 valence electrons. The second kappa shape index (κ2) is 8.39. The summed E-state index contributed by atoms with van der Waals surface area (Å²) in [7, 11) is -2.19. The van der Waals surface area contributed by atoms with E-state index in [0.29, 0.717) is 0 Å². The van der Waals surface area contributed by atoms with E-state index in [1.54, 1.807) is 0 Å². The molecule has 2 unspecified atom stereocenters. The van der Waals surface area contributed by atoms with E-state index in [2.05, 4.69) is 32.0 Å². The van der Waals surface area contributed by atoms with Gasteiger partial charge in [0.15, 0.2) is 5.65 Å². The third kappa shape index (κ3) is 4.32. The zero-order valence-electron chi connectivity index (χ0n) is 13.9. The molecule has 1 saturated heterocycles. The van der Waals surface area contributed by atoms with Gasteiger partial charge >= 0.3 is 0 Å². The van der Waals surface area contributed by atoms with E-state index in [9.17, 15) is 9.90 Å². The summed E-state index contributed by atoms with van der Waals surface area (Å²) < 4.78 is 10.3. The normalized spacial score (nSPS) is 24.6. The summed E-state index contributed by atoms with van der Waals surface area (Å²) in [6.45, 7) is -0.846. The highest BCUT2D eigenvalue weighted by Crippen LogP contribution is 2.31. The van der Waals surface area contributed by atoms with Gasteiger partial charge in [-0.25, -0.2) is 4.98 Å². The van der Waals surface area contributed by atoms with Gasteiger partial charge in [0.25, 0.3) is 14.1 Å². The minimum atomic E-state index is -2.19. The monoisotopic (exact) mass is 399 g/mol. The molecule has 2 aromatic heterocycles. The van der Waals surface area contributed by atoms with Gasteiger partial charge in [-0.15, -0.1) is 0 Å². The third-order valence-electron chi connectivity index (χ3n) is 3.91. The van der Waals surface area contributed by atoms with E-state index in [4.69, 9.17) is 29.9 Å². The molecule has 0 radical (unpaired) electrons. The van der Waals surface area contributed by atoms with Crippen molar-refractivity contribution in [2.24, 2.45) is 5.50 Å². The maximum Gasteiger partial charge on any atom is 0.263 e. The maximum absolute atomic E-state index is 12.4. The zero-order chi connectivity index (χ0) is 19.6. The van der Waals surface area contributed by atoms with Crippen molar-refractivity contribution in [3.63, 3.8) is 0 Å². The van der Waals surface area contributed by atoms with E-state index < -0.39 is 45.1 Å². The second-order valence-electron chi connectivity index (χ2n) is 5.75. The molecule has 27 heavy (non-hydrogen) atoms. The molecule has 1 aliphatic heterocycles. The average molecular weight is 399 g/mol. The molecule has 0 spiro atoms. The minimum absolute atomic E-state index is 0.0910. The molecule has 13 heteroatoms. The van der Waals surface area contributed by atoms with Gasteiger partial charge in [0.2, 0.25) is 0 Å². The van der Waals surface area contributed by atoms with Crippen LogP contribution in [0, 0.1) is 11.8 Å². The molecule has 0 bridgehead atoms. The Bertz CT molecular complexity index is 920. The Labute approximate surface area is 153 Å². The van der Waals surface area contributed by atoms with E-state index in [1.807, 2.05) is 0 Å². The topological polar surface area (TPSA) is 200 Å². The highest BCUT2D eigenvalue weighted by Gasteiger charge is 2.36. The Kier molecular flexibility index (Phi) is 6.15. The first-order chi connectivity index (χ1) is 12.9. The SMILES string of the molecule is NP(O)OC(C#Cc1[nH]nc2nc([C@H]3C[C@H](O)[C@@H](CO)O3)[nH]c(=O)c12)CO. The number of hydrogen-bond donors (Lipinski definition) is 7. The zero-order valence-corrected chi connectivity index (χ0v) is 14.8. The molecule has 12 nitrogen and oxygen atoms in total. The summed E-state index contributed by atoms with van der Waals surface area (Å²) >= 11 is 0. The van der Waals surface area contributed by atoms with Crippen molar-refractivity contribution in [3.8, 4) is 11.8 Å². The lowest BCUT2D eigenvalue weighted by Crippen LogP contribution is -2.24. The number of ether oxygens (including phenoxy) is 1. The number of H-pyrrole nitrogens is 2. The van der Waals surface area contributed by atoms with Gasteiger partial charge in [0.05, 0.1) is 19.3 Å². The van der Waals surface area contributed by atoms with Crippen LogP contribution in [0.25, 0.3) is 11.0 Å². The van der Waals surface area contributed by atoms with E-state index in [0.717, 1.165) is 0 Å². The number of nitrogens with zero attached hydrogens (tertiary/aromatic N) is 2. The van der Waals surface area contributed by atoms with Crippen molar-refractivity contribution in [2.45, 2.75) is 30.8 Å². The van der Waals surface area contributed by atoms with Crippen LogP contribution in [0.4, 0.5) is 0 Å². The van der Waals surface area contributed by atoms with Gasteiger partial charge in [-0.2, -0.15) is 5.10 Å². The summed E-state index contributed by atoms with van der Waals surface area (Å²) in [5.41, 5.74) is 4.84. The van der Waals surface area contributed by atoms with Crippen LogP contribution >= 0.6 is 8.53 Å². The summed E-state index contributed by atoms with van der Waals surface area (Å²) in [4.78, 5) is 28.2. The molecule has 3 rings (SSSR count). The Morgan fingerprint density at radius 2 is 2.26 bits per heavy atom. The molecular formula is C14H18N5O7P. The number of nitrogens with two attached hydrogens (primary N) is 1. The Balaban J connectivity index is 1.89. The summed E-state index contributed by atoms with van der Waals surface area (Å²) in [6, 6.07) is 0. The van der Waals surface area contributed by atoms with Gasteiger partial charge < -0.3 is 34.5 Å². The molecular weight excluding hydrogens is 381 g/mol. The number of nitrogens with one attached hydrogen (secondary N) is 2. The number of aliphatic hydroxyl groups excluding tert-OH is 3. The van der Waals surface area contributed by atoms with Gasteiger partial charge in [0.1, 0.15) is 35.2 Å². The second-order valence-corrected chi connectivity index (χ2v) is 6.56. The molecule has 8 N–H and O–H groups in total. The number of aliphatic hydroxyl groups is 3. The predicted octanol–water partition coefficient (Wildman–Crippen LogP) is -2.26. The summed E-state index contributed by atoms with van der Waals surface area (Å²) in [5.74, 6) is 5.31. The Hall–Kier alpha value is -1.94. The van der Waals surface area contributed by atoms with Crippen LogP contribution in [0.5, 0.6) is 0 Å². The molecule has 0 amide bonds. The first kappa shape index (κ1) is 19.8. The van der Waals surface area contributed by atoms with Crippen LogP contribution in [-0.4, -0.2) is 71.9 Å². The first-order valence-corrected chi connectivity index (χ1v) is 9.16. The standard InChI is InChI=1S/C14H18N5O7P/c15-27(24)26-6(4-20)1-2-7-11-13(19-18-7)16-12(17-14(11)23)9-3-8(22)10(5-21)25-9/h6,8-10,20-22,24H,3-5,15H2,(H2,16,17,18,19,23)/t6?,8-,9+,10+,27?/m0/s1. The van der Waals surface area contributed by atoms with Gasteiger partial charge in [-0.05, 0) is 5.92 Å². The highest BCUT2D eigenvalue weighted by molar-refractivity contribution is 7.43. The van der Waals surface area contributed by atoms with Gasteiger partial charge in [-0.3, -0.25) is 15.4 Å². The van der Waals surface area contributed by atoms with Gasteiger partial charge in [0, 0.05) is 6.42 Å². The fourth-order valence-corrected chi connectivity index (χ4v) is 3.03. The van der Waals surface area contributed by atoms with Crippen molar-refractivity contribution < 1.29 is 29.5 Å². The fourth-order valence-electron chi connectivity index (χ4n) is 2.65. The van der Waals surface area contributed by atoms with Crippen molar-refractivity contribution in [2.75, 3.05) is 13.2 Å². The molecule has 1 aliphatic rings. The fraction of sp³-hybridized carbons (Fsp3) is 0.500. The van der Waals surface area contributed by atoms with Crippen molar-refractivity contribution in [1.29, 1.82) is 0 Å². The Morgan fingerprint density at radius 3 is 2.89 bits per heavy atom. The minimum Gasteiger partial charge on any atom is -0.394 e. The molecule has 3 heterocycles. The number of fused-ring (bicyclic) bond motifs is 1. The number of aromatic amines is 2. The molecule has 0 aliphatic carbocycles. The molecule has 0 aromatic carbocycles. The Morgan fingerprint density at radius 1 is 1.48 bits per heavy atom. The van der Waals surface area contributed by atoms with E-state index in [-0.39, 0.29) is 35.6 Å². The van der Waals surface area contributed by atoms with Crippen LogP contribution in [0.2, 0.25) is 0 Å². The lowest BCUT2D eigenvalue weighted by Gasteiger charge is -2.11. The molecule has 0 saturated carbocycles. The predicted molar refractivity (Wildman–Crippen MR) is 92.0 cm³/mol. The van der Waals surface area contributed by atoms with Crippen LogP contribution in [-0.2, 0) is 9.26 Å². The van der Waals surface area contributed by atoms with Crippen molar-refractivity contribution >= 4 is 19.6 Å². The summed E-state index contributed by atoms with van der Waals surface area (Å²) in [6.07, 6.45) is -3.14. The third-order valence-corrected chi connectivity index (χ3v) is 4.38. The lowest BCUT2D eigenvalue weighted by molar-refractivity contribution is -0.0246. The van der Waals surface area contributed by atoms with E-state index >= 15 is 0 Å². The van der Waals surface area contributed by atoms with Crippen molar-refractivity contribution in [1.82, 2.24) is 20.2 Å². The number of aromatic nitrogens is 4. The lowest BCUT2D eigenvalue weighted by atomic mass is 10.1. The molecule has 2 aromatic rings. The first-order valence-electron chi connectivity index (χ1n) is 7.88. The van der Waals surface area contributed by atoms with Crippen LogP contribution < -0.4 is 11.1 Å². The number of rotatable bonds is 5. The number of hydrogen-bond acceptors (Lipinski definition) is 10. The smallest absolute Gasteiger partial charge is 0.263 e. The van der Waals surface area contributed by atoms with Crippen LogP contribution in [0.15, 0.2) is 4.79 Å². The highest BCUT2D eigenvalue weighted by atomic mass is 31.2. The quantitative estimate of drug-likeness (QED) is 0.212. The summed E-state index contributed by atoms with van der Waals surface area (Å²) in [5, 5.41) is 34.7. The van der Waals surface area contributed by atoms with Crippen LogP contribution in [0.1, 0.15) is 24.0 Å². The van der Waals surface area contributed by atoms with Crippen LogP contribution in [0.3, 0.4) is 0 Å². The van der Waals surface area contributed by atoms with Gasteiger partial charge in [-0.1, -0.05) is 5.92 Å². The van der Waals surface area contributed by atoms with E-state index in [1.165, 1.54) is 0 Å². The maximum atomic E-state index is 12.4. The van der Waals surface area contributed by atoms with Crippen molar-refractivity contribution in [3.05, 3.63) is 21.9 Å².